The molecule has 1 saturated carbocycles. The molecule has 5 nitrogen and oxygen atoms in total. The highest BCUT2D eigenvalue weighted by Gasteiger charge is 2.35. The summed E-state index contributed by atoms with van der Waals surface area (Å²) in [5.74, 6) is -0.414. The number of amides is 1. The van der Waals surface area contributed by atoms with Crippen LogP contribution in [-0.2, 0) is 0 Å². The number of hydrogen-bond acceptors (Lipinski definition) is 3. The Morgan fingerprint density at radius 2 is 2.18 bits per heavy atom. The number of H-pyrrole nitrogens is 1. The minimum atomic E-state index is -0.542. The van der Waals surface area contributed by atoms with E-state index in [4.69, 9.17) is 0 Å². The molecule has 1 aliphatic rings. The van der Waals surface area contributed by atoms with Gasteiger partial charge in [0.25, 0.3) is 5.91 Å². The number of carbonyl (C=O) groups is 1. The van der Waals surface area contributed by atoms with Crippen LogP contribution in [0.1, 0.15) is 36.0 Å². The molecule has 0 atom stereocenters. The van der Waals surface area contributed by atoms with E-state index in [0.29, 0.717) is 0 Å². The van der Waals surface area contributed by atoms with Crippen molar-refractivity contribution in [3.05, 3.63) is 34.2 Å². The van der Waals surface area contributed by atoms with Crippen LogP contribution in [0.5, 0.6) is 0 Å². The number of carbonyl (C=O) groups excluding carboxylic acids is 1. The minimum absolute atomic E-state index is 0.0799. The second kappa shape index (κ2) is 4.71. The highest BCUT2D eigenvalue weighted by molar-refractivity contribution is 5.94. The molecule has 0 saturated heterocycles. The van der Waals surface area contributed by atoms with Crippen LogP contribution in [0.2, 0.25) is 0 Å². The highest BCUT2D eigenvalue weighted by Crippen LogP contribution is 2.29. The molecule has 0 bridgehead atoms. The van der Waals surface area contributed by atoms with E-state index in [1.54, 1.807) is 0 Å². The number of aromatic amines is 1. The van der Waals surface area contributed by atoms with E-state index in [9.17, 15) is 14.7 Å². The average Bonchev–Trinajstić information content (AvgIpc) is 2.79. The summed E-state index contributed by atoms with van der Waals surface area (Å²) in [6.07, 6.45) is 6.38. The molecular formula is C12H16N2O3. The van der Waals surface area contributed by atoms with Gasteiger partial charge < -0.3 is 15.4 Å². The van der Waals surface area contributed by atoms with Crippen molar-refractivity contribution in [2.45, 2.75) is 31.2 Å². The van der Waals surface area contributed by atoms with Crippen molar-refractivity contribution < 1.29 is 9.90 Å². The summed E-state index contributed by atoms with van der Waals surface area (Å²) in [6, 6.07) is 1.31. The lowest BCUT2D eigenvalue weighted by atomic mass is 9.98. The molecule has 1 aromatic heterocycles. The van der Waals surface area contributed by atoms with Gasteiger partial charge in [0.1, 0.15) is 5.56 Å². The number of rotatable bonds is 3. The highest BCUT2D eigenvalue weighted by atomic mass is 16.3. The second-order valence-corrected chi connectivity index (χ2v) is 4.52. The fraction of sp³-hybridized carbons (Fsp3) is 0.500. The monoisotopic (exact) mass is 236 g/mol. The van der Waals surface area contributed by atoms with E-state index >= 15 is 0 Å². The van der Waals surface area contributed by atoms with Crippen molar-refractivity contribution in [3.8, 4) is 0 Å². The second-order valence-electron chi connectivity index (χ2n) is 4.52. The van der Waals surface area contributed by atoms with E-state index in [0.717, 1.165) is 25.7 Å². The van der Waals surface area contributed by atoms with Crippen LogP contribution in [-0.4, -0.2) is 28.1 Å². The van der Waals surface area contributed by atoms with Gasteiger partial charge in [-0.2, -0.15) is 0 Å². The van der Waals surface area contributed by atoms with Crippen molar-refractivity contribution >= 4 is 5.91 Å². The number of pyridine rings is 1. The smallest absolute Gasteiger partial charge is 0.257 e. The van der Waals surface area contributed by atoms with Crippen molar-refractivity contribution in [3.63, 3.8) is 0 Å². The summed E-state index contributed by atoms with van der Waals surface area (Å²) in [7, 11) is 0. The molecule has 0 unspecified atom stereocenters. The molecule has 2 rings (SSSR count). The van der Waals surface area contributed by atoms with Crippen molar-refractivity contribution in [2.24, 2.45) is 0 Å². The summed E-state index contributed by atoms with van der Waals surface area (Å²) in [4.78, 5) is 26.1. The molecule has 5 heteroatoms. The van der Waals surface area contributed by atoms with Gasteiger partial charge in [-0.15, -0.1) is 0 Å². The Morgan fingerprint density at radius 1 is 1.47 bits per heavy atom. The SMILES string of the molecule is O=C(NC1(CO)CCCC1)c1c[nH]ccc1=O. The normalized spacial score (nSPS) is 17.9. The van der Waals surface area contributed by atoms with Crippen LogP contribution >= 0.6 is 0 Å². The summed E-state index contributed by atoms with van der Waals surface area (Å²) >= 11 is 0. The molecule has 0 radical (unpaired) electrons. The molecule has 1 amide bonds. The van der Waals surface area contributed by atoms with Crippen LogP contribution in [0.3, 0.4) is 0 Å². The fourth-order valence-corrected chi connectivity index (χ4v) is 2.28. The zero-order valence-electron chi connectivity index (χ0n) is 9.53. The van der Waals surface area contributed by atoms with E-state index < -0.39 is 11.4 Å². The van der Waals surface area contributed by atoms with Crippen LogP contribution in [0, 0.1) is 0 Å². The Morgan fingerprint density at radius 3 is 2.76 bits per heavy atom. The quantitative estimate of drug-likeness (QED) is 0.711. The Bertz CT molecular complexity index is 461. The molecule has 92 valence electrons. The lowest BCUT2D eigenvalue weighted by Crippen LogP contribution is -2.50. The Balaban J connectivity index is 2.17. The van der Waals surface area contributed by atoms with Crippen LogP contribution in [0.25, 0.3) is 0 Å². The van der Waals surface area contributed by atoms with Crippen LogP contribution in [0.4, 0.5) is 0 Å². The van der Waals surface area contributed by atoms with Crippen molar-refractivity contribution in [2.75, 3.05) is 6.61 Å². The maximum absolute atomic E-state index is 11.9. The predicted octanol–water partition coefficient (Wildman–Crippen LogP) is 0.410. The van der Waals surface area contributed by atoms with Gasteiger partial charge in [0.2, 0.25) is 0 Å². The van der Waals surface area contributed by atoms with Crippen molar-refractivity contribution in [1.82, 2.24) is 10.3 Å². The summed E-state index contributed by atoms with van der Waals surface area (Å²) in [5.41, 5.74) is -0.765. The van der Waals surface area contributed by atoms with Crippen LogP contribution < -0.4 is 10.7 Å². The molecule has 0 aliphatic heterocycles. The third-order valence-electron chi connectivity index (χ3n) is 3.31. The molecule has 1 heterocycles. The first kappa shape index (κ1) is 11.9. The molecular weight excluding hydrogens is 220 g/mol. The van der Waals surface area contributed by atoms with Gasteiger partial charge in [0.05, 0.1) is 12.1 Å². The zero-order valence-corrected chi connectivity index (χ0v) is 9.53. The van der Waals surface area contributed by atoms with E-state index in [-0.39, 0.29) is 17.6 Å². The van der Waals surface area contributed by atoms with Gasteiger partial charge in [-0.05, 0) is 12.8 Å². The lowest BCUT2D eigenvalue weighted by Gasteiger charge is -2.27. The van der Waals surface area contributed by atoms with E-state index in [1.165, 1.54) is 18.5 Å². The maximum Gasteiger partial charge on any atom is 0.257 e. The first-order valence-electron chi connectivity index (χ1n) is 5.77. The number of aromatic nitrogens is 1. The summed E-state index contributed by atoms with van der Waals surface area (Å²) in [5, 5.41) is 12.2. The Kier molecular flexibility index (Phi) is 3.28. The molecule has 0 spiro atoms. The minimum Gasteiger partial charge on any atom is -0.394 e. The predicted molar refractivity (Wildman–Crippen MR) is 62.8 cm³/mol. The fourth-order valence-electron chi connectivity index (χ4n) is 2.28. The van der Waals surface area contributed by atoms with Gasteiger partial charge in [-0.1, -0.05) is 12.8 Å². The molecule has 0 aromatic carbocycles. The Labute approximate surface area is 98.9 Å². The average molecular weight is 236 g/mol. The lowest BCUT2D eigenvalue weighted by molar-refractivity contribution is 0.0837. The molecule has 1 aromatic rings. The Hall–Kier alpha value is -1.62. The topological polar surface area (TPSA) is 82.2 Å². The van der Waals surface area contributed by atoms with E-state index in [2.05, 4.69) is 10.3 Å². The largest absolute Gasteiger partial charge is 0.394 e. The molecule has 17 heavy (non-hydrogen) atoms. The third kappa shape index (κ3) is 2.39. The zero-order chi connectivity index (χ0) is 12.3. The molecule has 3 N–H and O–H groups in total. The van der Waals surface area contributed by atoms with Gasteiger partial charge in [-0.3, -0.25) is 9.59 Å². The first-order valence-corrected chi connectivity index (χ1v) is 5.77. The molecule has 1 aliphatic carbocycles. The standard InChI is InChI=1S/C12H16N2O3/c15-8-12(4-1-2-5-12)14-11(17)9-7-13-6-3-10(9)16/h3,6-7,15H,1-2,4-5,8H2,(H,13,16)(H,14,17). The first-order chi connectivity index (χ1) is 8.17. The number of hydrogen-bond donors (Lipinski definition) is 3. The number of aliphatic hydroxyl groups is 1. The number of nitrogens with one attached hydrogen (secondary N) is 2. The summed E-state index contributed by atoms with van der Waals surface area (Å²) < 4.78 is 0. The number of aliphatic hydroxyl groups excluding tert-OH is 1. The van der Waals surface area contributed by atoms with Gasteiger partial charge in [-0.25, -0.2) is 0 Å². The van der Waals surface area contributed by atoms with Crippen molar-refractivity contribution in [1.29, 1.82) is 0 Å². The van der Waals surface area contributed by atoms with Crippen LogP contribution in [0.15, 0.2) is 23.3 Å². The van der Waals surface area contributed by atoms with Gasteiger partial charge in [0, 0.05) is 18.5 Å². The van der Waals surface area contributed by atoms with Gasteiger partial charge in [0.15, 0.2) is 5.43 Å². The van der Waals surface area contributed by atoms with E-state index in [1.807, 2.05) is 0 Å². The molecule has 1 fully saturated rings. The maximum atomic E-state index is 11.9. The van der Waals surface area contributed by atoms with Gasteiger partial charge >= 0.3 is 0 Å². The summed E-state index contributed by atoms with van der Waals surface area (Å²) in [6.45, 7) is -0.0799. The third-order valence-corrected chi connectivity index (χ3v) is 3.31.